The second-order valence-corrected chi connectivity index (χ2v) is 8.02. The molecule has 1 aromatic carbocycles. The van der Waals surface area contributed by atoms with Crippen molar-refractivity contribution in [2.75, 3.05) is 13.2 Å². The number of carbonyl (C=O) groups is 1. The van der Waals surface area contributed by atoms with E-state index in [1.165, 1.54) is 0 Å². The third-order valence-corrected chi connectivity index (χ3v) is 4.80. The highest BCUT2D eigenvalue weighted by Gasteiger charge is 2.29. The molecular formula is C21H28N2O3. The quantitative estimate of drug-likeness (QED) is 0.779. The first-order valence-corrected chi connectivity index (χ1v) is 9.29. The van der Waals surface area contributed by atoms with Crippen LogP contribution in [0.1, 0.15) is 46.1 Å². The number of carbonyl (C=O) groups excluding carboxylic acids is 1. The van der Waals surface area contributed by atoms with Crippen LogP contribution in [0.15, 0.2) is 34.4 Å². The normalized spacial score (nSPS) is 19.3. The minimum absolute atomic E-state index is 0.0675. The zero-order valence-corrected chi connectivity index (χ0v) is 16.3. The Hall–Kier alpha value is -2.30. The molecule has 1 heterocycles. The Morgan fingerprint density at radius 3 is 2.88 bits per heavy atom. The number of aryl methyl sites for hydroxylation is 1. The summed E-state index contributed by atoms with van der Waals surface area (Å²) < 4.78 is 11.1. The van der Waals surface area contributed by atoms with Crippen LogP contribution >= 0.6 is 0 Å². The number of benzene rings is 1. The highest BCUT2D eigenvalue weighted by Crippen LogP contribution is 2.37. The summed E-state index contributed by atoms with van der Waals surface area (Å²) in [4.78, 5) is 18.9. The number of rotatable bonds is 5. The first-order chi connectivity index (χ1) is 12.3. The highest BCUT2D eigenvalue weighted by molar-refractivity contribution is 5.79. The first kappa shape index (κ1) is 18.5. The molecule has 0 radical (unpaired) electrons. The summed E-state index contributed by atoms with van der Waals surface area (Å²) >= 11 is 0. The van der Waals surface area contributed by atoms with E-state index in [0.717, 1.165) is 29.6 Å². The Kier molecular flexibility index (Phi) is 5.08. The molecule has 26 heavy (non-hydrogen) atoms. The van der Waals surface area contributed by atoms with Gasteiger partial charge in [0.05, 0.1) is 0 Å². The molecule has 0 aliphatic heterocycles. The Labute approximate surface area is 155 Å². The fourth-order valence-corrected chi connectivity index (χ4v) is 3.90. The summed E-state index contributed by atoms with van der Waals surface area (Å²) in [5.74, 6) is 0.495. The third kappa shape index (κ3) is 4.09. The maximum absolute atomic E-state index is 12.7. The van der Waals surface area contributed by atoms with Crippen LogP contribution in [0.3, 0.4) is 0 Å². The molecule has 1 amide bonds. The average molecular weight is 356 g/mol. The average Bonchev–Trinajstić information content (AvgIpc) is 2.93. The minimum Gasteiger partial charge on any atom is -0.440 e. The van der Waals surface area contributed by atoms with E-state index in [-0.39, 0.29) is 24.0 Å². The Morgan fingerprint density at radius 1 is 1.42 bits per heavy atom. The van der Waals surface area contributed by atoms with Crippen LogP contribution in [0.2, 0.25) is 0 Å². The van der Waals surface area contributed by atoms with E-state index in [9.17, 15) is 4.79 Å². The van der Waals surface area contributed by atoms with Gasteiger partial charge in [0.15, 0.2) is 12.2 Å². The molecule has 140 valence electrons. The number of ether oxygens (including phenoxy) is 1. The van der Waals surface area contributed by atoms with Crippen LogP contribution in [-0.4, -0.2) is 28.9 Å². The lowest BCUT2D eigenvalue weighted by Gasteiger charge is -2.36. The molecule has 2 aromatic rings. The summed E-state index contributed by atoms with van der Waals surface area (Å²) in [6, 6.07) is 5.75. The molecule has 0 saturated heterocycles. The molecule has 0 spiro atoms. The van der Waals surface area contributed by atoms with Crippen LogP contribution < -0.4 is 4.74 Å². The predicted molar refractivity (Wildman–Crippen MR) is 102 cm³/mol. The molecule has 0 fully saturated rings. The molecule has 3 rings (SSSR count). The van der Waals surface area contributed by atoms with Crippen LogP contribution in [0.4, 0.5) is 0 Å². The number of hydrogen-bond donors (Lipinski definition) is 0. The van der Waals surface area contributed by atoms with Gasteiger partial charge in [-0.05, 0) is 55.7 Å². The van der Waals surface area contributed by atoms with Crippen molar-refractivity contribution in [1.82, 2.24) is 9.88 Å². The maximum atomic E-state index is 12.7. The summed E-state index contributed by atoms with van der Waals surface area (Å²) in [7, 11) is 0. The molecule has 1 aromatic heterocycles. The number of nitrogens with zero attached hydrogens (tertiary/aromatic N) is 2. The number of allylic oxidation sites excluding steroid dienone is 2. The monoisotopic (exact) mass is 356 g/mol. The standard InChI is InChI=1S/C21H28N2O3/c1-6-23(16-9-15(3)11-21(4,5)12-16)19(24)13-25-20-22-17-10-14(2)7-8-18(17)26-20/h7-8,10,12,15H,6,9,11,13H2,1-5H3. The van der Waals surface area contributed by atoms with Gasteiger partial charge >= 0.3 is 6.08 Å². The number of hydrogen-bond acceptors (Lipinski definition) is 4. The lowest BCUT2D eigenvalue weighted by atomic mass is 9.76. The van der Waals surface area contributed by atoms with Crippen molar-refractivity contribution in [2.45, 2.75) is 47.5 Å². The lowest BCUT2D eigenvalue weighted by Crippen LogP contribution is -2.37. The fraction of sp³-hybridized carbons (Fsp3) is 0.524. The molecule has 0 bridgehead atoms. The second kappa shape index (κ2) is 7.14. The smallest absolute Gasteiger partial charge is 0.395 e. The molecule has 1 atom stereocenters. The van der Waals surface area contributed by atoms with E-state index in [4.69, 9.17) is 9.15 Å². The van der Waals surface area contributed by atoms with Crippen molar-refractivity contribution in [3.05, 3.63) is 35.5 Å². The van der Waals surface area contributed by atoms with Gasteiger partial charge in [0.25, 0.3) is 5.91 Å². The van der Waals surface area contributed by atoms with Crippen molar-refractivity contribution in [2.24, 2.45) is 11.3 Å². The Bertz CT molecular complexity index is 835. The Balaban J connectivity index is 1.70. The molecular weight excluding hydrogens is 328 g/mol. The van der Waals surface area contributed by atoms with Gasteiger partial charge in [-0.25, -0.2) is 0 Å². The number of likely N-dealkylation sites (N-methyl/N-ethyl adjacent to an activating group) is 1. The second-order valence-electron chi connectivity index (χ2n) is 8.02. The number of amides is 1. The number of aromatic nitrogens is 1. The first-order valence-electron chi connectivity index (χ1n) is 9.29. The largest absolute Gasteiger partial charge is 0.440 e. The molecule has 5 nitrogen and oxygen atoms in total. The van der Waals surface area contributed by atoms with Crippen LogP contribution in [0.25, 0.3) is 11.1 Å². The lowest BCUT2D eigenvalue weighted by molar-refractivity contribution is -0.132. The van der Waals surface area contributed by atoms with Crippen molar-refractivity contribution in [3.8, 4) is 6.08 Å². The van der Waals surface area contributed by atoms with Crippen molar-refractivity contribution in [1.29, 1.82) is 0 Å². The maximum Gasteiger partial charge on any atom is 0.395 e. The summed E-state index contributed by atoms with van der Waals surface area (Å²) in [6.07, 6.45) is 4.43. The highest BCUT2D eigenvalue weighted by atomic mass is 16.6. The van der Waals surface area contributed by atoms with E-state index < -0.39 is 0 Å². The van der Waals surface area contributed by atoms with E-state index in [0.29, 0.717) is 18.0 Å². The predicted octanol–water partition coefficient (Wildman–Crippen LogP) is 4.70. The van der Waals surface area contributed by atoms with Gasteiger partial charge in [0.2, 0.25) is 0 Å². The molecule has 1 aliphatic carbocycles. The van der Waals surface area contributed by atoms with Crippen molar-refractivity contribution in [3.63, 3.8) is 0 Å². The number of fused-ring (bicyclic) bond motifs is 1. The van der Waals surface area contributed by atoms with Crippen molar-refractivity contribution < 1.29 is 13.9 Å². The van der Waals surface area contributed by atoms with Crippen LogP contribution in [0.5, 0.6) is 6.08 Å². The van der Waals surface area contributed by atoms with E-state index in [1.54, 1.807) is 0 Å². The summed E-state index contributed by atoms with van der Waals surface area (Å²) in [5, 5.41) is 0. The van der Waals surface area contributed by atoms with Crippen LogP contribution in [0, 0.1) is 18.3 Å². The zero-order valence-electron chi connectivity index (χ0n) is 16.3. The van der Waals surface area contributed by atoms with Gasteiger partial charge in [-0.1, -0.05) is 32.9 Å². The van der Waals surface area contributed by atoms with Gasteiger partial charge in [-0.3, -0.25) is 4.79 Å². The van der Waals surface area contributed by atoms with Gasteiger partial charge in [-0.15, -0.1) is 0 Å². The van der Waals surface area contributed by atoms with E-state index in [2.05, 4.69) is 31.8 Å². The SMILES string of the molecule is CCN(C(=O)COc1nc2cc(C)ccc2o1)C1=CC(C)(C)CC(C)C1. The number of oxazole rings is 1. The molecule has 0 N–H and O–H groups in total. The molecule has 0 saturated carbocycles. The van der Waals surface area contributed by atoms with Gasteiger partial charge in [0.1, 0.15) is 5.52 Å². The zero-order chi connectivity index (χ0) is 18.9. The molecule has 5 heteroatoms. The van der Waals surface area contributed by atoms with Gasteiger partial charge < -0.3 is 14.1 Å². The third-order valence-electron chi connectivity index (χ3n) is 4.80. The Morgan fingerprint density at radius 2 is 2.19 bits per heavy atom. The summed E-state index contributed by atoms with van der Waals surface area (Å²) in [6.45, 7) is 11.2. The van der Waals surface area contributed by atoms with E-state index in [1.807, 2.05) is 36.9 Å². The van der Waals surface area contributed by atoms with Crippen LogP contribution in [-0.2, 0) is 4.79 Å². The summed E-state index contributed by atoms with van der Waals surface area (Å²) in [5.41, 5.74) is 3.71. The van der Waals surface area contributed by atoms with Gasteiger partial charge in [0, 0.05) is 12.2 Å². The minimum atomic E-state index is -0.0776. The molecule has 1 aliphatic rings. The van der Waals surface area contributed by atoms with Gasteiger partial charge in [-0.2, -0.15) is 4.98 Å². The topological polar surface area (TPSA) is 55.6 Å². The van der Waals surface area contributed by atoms with Crippen molar-refractivity contribution >= 4 is 17.0 Å². The fourth-order valence-electron chi connectivity index (χ4n) is 3.90. The molecule has 1 unspecified atom stereocenters. The van der Waals surface area contributed by atoms with E-state index >= 15 is 0 Å².